The van der Waals surface area contributed by atoms with Crippen LogP contribution in [0.15, 0.2) is 62.4 Å². The number of hydrogen-bond acceptors (Lipinski definition) is 6. The number of carbonyl (C=O) groups excluding carboxylic acids is 1. The quantitative estimate of drug-likeness (QED) is 0.243. The monoisotopic (exact) mass is 547 g/mol. The van der Waals surface area contributed by atoms with Crippen LogP contribution in [0.2, 0.25) is 0 Å². The number of nitrogens with zero attached hydrogens (tertiary/aromatic N) is 2. The maximum absolute atomic E-state index is 13.0. The summed E-state index contributed by atoms with van der Waals surface area (Å²) in [5.41, 5.74) is 5.28. The number of fused-ring (bicyclic) bond motifs is 3. The first-order chi connectivity index (χ1) is 17.1. The van der Waals surface area contributed by atoms with E-state index in [4.69, 9.17) is 19.1 Å². The second-order valence-corrected chi connectivity index (χ2v) is 10.5. The Balaban J connectivity index is 1.62. The molecule has 1 aliphatic rings. The molecule has 8 heteroatoms. The highest BCUT2D eigenvalue weighted by molar-refractivity contribution is 9.10. The molecule has 3 heterocycles. The van der Waals surface area contributed by atoms with Gasteiger partial charge in [-0.15, -0.1) is 11.3 Å². The van der Waals surface area contributed by atoms with Crippen molar-refractivity contribution in [2.75, 3.05) is 6.61 Å². The van der Waals surface area contributed by atoms with Crippen LogP contribution in [0.25, 0.3) is 33.4 Å². The van der Waals surface area contributed by atoms with E-state index in [-0.39, 0.29) is 5.97 Å². The van der Waals surface area contributed by atoms with Crippen LogP contribution in [0.5, 0.6) is 0 Å². The molecule has 0 saturated carbocycles. The number of halogens is 1. The van der Waals surface area contributed by atoms with Crippen LogP contribution in [0, 0.1) is 0 Å². The van der Waals surface area contributed by atoms with Gasteiger partial charge < -0.3 is 14.1 Å². The molecule has 176 valence electrons. The lowest BCUT2D eigenvalue weighted by Crippen LogP contribution is -2.10. The summed E-state index contributed by atoms with van der Waals surface area (Å²) in [5.74, 6) is 0.343. The van der Waals surface area contributed by atoms with E-state index in [1.807, 2.05) is 55.5 Å². The normalized spacial score (nSPS) is 13.9. The third-order valence-corrected chi connectivity index (χ3v) is 7.87. The number of para-hydroxylation sites is 2. The molecule has 0 fully saturated rings. The molecule has 0 spiro atoms. The molecule has 5 aromatic rings. The molecule has 0 aliphatic heterocycles. The first kappa shape index (κ1) is 22.2. The van der Waals surface area contributed by atoms with E-state index in [2.05, 4.69) is 20.9 Å². The molecule has 1 aliphatic carbocycles. The van der Waals surface area contributed by atoms with Crippen LogP contribution in [0.1, 0.15) is 40.6 Å². The van der Waals surface area contributed by atoms with Crippen LogP contribution in [-0.4, -0.2) is 22.5 Å². The molecule has 6 rings (SSSR count). The number of aromatic amines is 1. The van der Waals surface area contributed by atoms with Gasteiger partial charge in [-0.3, -0.25) is 0 Å². The molecule has 0 atom stereocenters. The molecule has 0 saturated heterocycles. The number of carbonyl (C=O) groups is 1. The Labute approximate surface area is 213 Å². The van der Waals surface area contributed by atoms with Gasteiger partial charge in [0.2, 0.25) is 5.55 Å². The molecular formula is C27H22BrN3O3S. The SMILES string of the molecule is CCOC(=O)c1c(/N=c2\oc3ccc(Br)cc3cc2-c2nc3ccccc3[nH]2)sc2c1CCCC2. The first-order valence-electron chi connectivity index (χ1n) is 11.7. The number of thiophene rings is 1. The molecule has 3 aromatic heterocycles. The van der Waals surface area contributed by atoms with Crippen molar-refractivity contribution < 1.29 is 13.9 Å². The van der Waals surface area contributed by atoms with Gasteiger partial charge in [0.1, 0.15) is 16.4 Å². The Bertz CT molecular complexity index is 1630. The van der Waals surface area contributed by atoms with Gasteiger partial charge >= 0.3 is 5.97 Å². The summed E-state index contributed by atoms with van der Waals surface area (Å²) in [7, 11) is 0. The van der Waals surface area contributed by atoms with Crippen molar-refractivity contribution in [2.24, 2.45) is 4.99 Å². The summed E-state index contributed by atoms with van der Waals surface area (Å²) in [5, 5.41) is 1.55. The number of imidazole rings is 1. The molecule has 0 bridgehead atoms. The van der Waals surface area contributed by atoms with Gasteiger partial charge in [-0.2, -0.15) is 0 Å². The third kappa shape index (κ3) is 4.10. The van der Waals surface area contributed by atoms with E-state index >= 15 is 0 Å². The van der Waals surface area contributed by atoms with Crippen LogP contribution in [-0.2, 0) is 17.6 Å². The van der Waals surface area contributed by atoms with Crippen molar-refractivity contribution >= 4 is 60.2 Å². The Morgan fingerprint density at radius 1 is 1.20 bits per heavy atom. The standard InChI is InChI=1S/C27H22BrN3O3S/c1-2-33-27(32)23-17-7-3-6-10-22(17)35-26(23)31-25-18(14-15-13-16(28)11-12-21(15)34-25)24-29-19-8-4-5-9-20(19)30-24/h4-5,8-9,11-14H,2-3,6-7,10H2,1H3,(H,29,30)/b31-25-. The van der Waals surface area contributed by atoms with E-state index in [1.54, 1.807) is 11.3 Å². The third-order valence-electron chi connectivity index (χ3n) is 6.19. The molecule has 0 radical (unpaired) electrons. The predicted molar refractivity (Wildman–Crippen MR) is 141 cm³/mol. The molecule has 35 heavy (non-hydrogen) atoms. The van der Waals surface area contributed by atoms with Gasteiger partial charge in [-0.05, 0) is 74.6 Å². The number of aryl methyl sites for hydroxylation is 1. The predicted octanol–water partition coefficient (Wildman–Crippen LogP) is 7.09. The smallest absolute Gasteiger partial charge is 0.341 e. The van der Waals surface area contributed by atoms with Gasteiger partial charge in [0.05, 0.1) is 28.8 Å². The maximum atomic E-state index is 13.0. The largest absolute Gasteiger partial charge is 0.462 e. The number of hydrogen-bond donors (Lipinski definition) is 1. The highest BCUT2D eigenvalue weighted by Crippen LogP contribution is 2.40. The van der Waals surface area contributed by atoms with E-state index < -0.39 is 0 Å². The summed E-state index contributed by atoms with van der Waals surface area (Å²) in [6, 6.07) is 15.8. The summed E-state index contributed by atoms with van der Waals surface area (Å²) in [6.07, 6.45) is 4.01. The van der Waals surface area contributed by atoms with Crippen LogP contribution in [0.4, 0.5) is 5.00 Å². The van der Waals surface area contributed by atoms with Gasteiger partial charge in [0.15, 0.2) is 0 Å². The van der Waals surface area contributed by atoms with Crippen molar-refractivity contribution in [1.82, 2.24) is 9.97 Å². The zero-order valence-corrected chi connectivity index (χ0v) is 21.5. The fraction of sp³-hybridized carbons (Fsp3) is 0.222. The molecule has 0 unspecified atom stereocenters. The first-order valence-corrected chi connectivity index (χ1v) is 13.3. The number of aromatic nitrogens is 2. The van der Waals surface area contributed by atoms with Gasteiger partial charge in [0, 0.05) is 14.7 Å². The van der Waals surface area contributed by atoms with Crippen molar-refractivity contribution in [3.63, 3.8) is 0 Å². The Hall–Kier alpha value is -3.23. The zero-order chi connectivity index (χ0) is 23.9. The number of esters is 1. The lowest BCUT2D eigenvalue weighted by atomic mass is 9.95. The average molecular weight is 548 g/mol. The Kier molecular flexibility index (Phi) is 5.78. The maximum Gasteiger partial charge on any atom is 0.341 e. The van der Waals surface area contributed by atoms with Gasteiger partial charge in [0.25, 0.3) is 0 Å². The molecule has 2 aromatic carbocycles. The highest BCUT2D eigenvalue weighted by atomic mass is 79.9. The minimum absolute atomic E-state index is 0.319. The lowest BCUT2D eigenvalue weighted by molar-refractivity contribution is 0.0526. The number of nitrogens with one attached hydrogen (secondary N) is 1. The molecule has 6 nitrogen and oxygen atoms in total. The van der Waals surface area contributed by atoms with Crippen LogP contribution < -0.4 is 5.55 Å². The van der Waals surface area contributed by atoms with Crippen LogP contribution in [0.3, 0.4) is 0 Å². The van der Waals surface area contributed by atoms with E-state index in [9.17, 15) is 4.79 Å². The number of H-pyrrole nitrogens is 1. The van der Waals surface area contributed by atoms with E-state index in [0.717, 1.165) is 57.7 Å². The second-order valence-electron chi connectivity index (χ2n) is 8.47. The van der Waals surface area contributed by atoms with E-state index in [1.165, 1.54) is 4.88 Å². The highest BCUT2D eigenvalue weighted by Gasteiger charge is 2.26. The van der Waals surface area contributed by atoms with Crippen molar-refractivity contribution in [3.05, 3.63) is 74.6 Å². The minimum Gasteiger partial charge on any atom is -0.462 e. The fourth-order valence-electron chi connectivity index (χ4n) is 4.57. The number of benzene rings is 2. The summed E-state index contributed by atoms with van der Waals surface area (Å²) in [6.45, 7) is 2.15. The number of rotatable bonds is 4. The fourth-order valence-corrected chi connectivity index (χ4v) is 6.19. The molecular weight excluding hydrogens is 526 g/mol. The van der Waals surface area contributed by atoms with Gasteiger partial charge in [-0.25, -0.2) is 14.8 Å². The Morgan fingerprint density at radius 2 is 2.06 bits per heavy atom. The Morgan fingerprint density at radius 3 is 2.91 bits per heavy atom. The molecule has 0 amide bonds. The topological polar surface area (TPSA) is 80.5 Å². The minimum atomic E-state index is -0.319. The average Bonchev–Trinajstić information content (AvgIpc) is 3.45. The number of ether oxygens (including phenoxy) is 1. The van der Waals surface area contributed by atoms with Crippen molar-refractivity contribution in [2.45, 2.75) is 32.6 Å². The van der Waals surface area contributed by atoms with E-state index in [0.29, 0.717) is 34.1 Å². The van der Waals surface area contributed by atoms with Gasteiger partial charge in [-0.1, -0.05) is 28.1 Å². The summed E-state index contributed by atoms with van der Waals surface area (Å²) >= 11 is 5.11. The van der Waals surface area contributed by atoms with Crippen molar-refractivity contribution in [1.29, 1.82) is 0 Å². The second kappa shape index (κ2) is 9.09. The van der Waals surface area contributed by atoms with Crippen molar-refractivity contribution in [3.8, 4) is 11.4 Å². The summed E-state index contributed by atoms with van der Waals surface area (Å²) in [4.78, 5) is 27.3. The lowest BCUT2D eigenvalue weighted by Gasteiger charge is -2.11. The zero-order valence-electron chi connectivity index (χ0n) is 19.1. The van der Waals surface area contributed by atoms with Crippen LogP contribution >= 0.6 is 27.3 Å². The summed E-state index contributed by atoms with van der Waals surface area (Å²) < 4.78 is 12.7. The molecule has 1 N–H and O–H groups in total.